The van der Waals surface area contributed by atoms with E-state index in [1.165, 1.54) is 11.3 Å². The molecule has 1 atom stereocenters. The Morgan fingerprint density at radius 3 is 3.04 bits per heavy atom. The van der Waals surface area contributed by atoms with Gasteiger partial charge in [0, 0.05) is 25.5 Å². The molecule has 2 aromatic heterocycles. The average molecular weight is 330 g/mol. The molecule has 6 heteroatoms. The fourth-order valence-electron chi connectivity index (χ4n) is 2.84. The molecule has 1 amide bonds. The highest BCUT2D eigenvalue weighted by molar-refractivity contribution is 7.13. The number of carbonyl (C=O) groups is 1. The van der Waals surface area contributed by atoms with Crippen LogP contribution in [0.15, 0.2) is 30.7 Å². The topological polar surface area (TPSA) is 58.1 Å². The molecule has 0 bridgehead atoms. The van der Waals surface area contributed by atoms with Gasteiger partial charge in [0.25, 0.3) is 5.91 Å². The van der Waals surface area contributed by atoms with Crippen molar-refractivity contribution in [1.29, 1.82) is 0 Å². The first kappa shape index (κ1) is 16.1. The van der Waals surface area contributed by atoms with Crippen molar-refractivity contribution in [2.24, 2.45) is 5.92 Å². The Kier molecular flexibility index (Phi) is 5.35. The zero-order valence-corrected chi connectivity index (χ0v) is 14.2. The second kappa shape index (κ2) is 7.66. The third-order valence-corrected chi connectivity index (χ3v) is 5.22. The van der Waals surface area contributed by atoms with E-state index in [1.807, 2.05) is 23.2 Å². The molecule has 5 nitrogen and oxygen atoms in total. The zero-order chi connectivity index (χ0) is 16.1. The third-order valence-electron chi connectivity index (χ3n) is 4.09. The largest absolute Gasteiger partial charge is 0.333 e. The molecular weight excluding hydrogens is 308 g/mol. The summed E-state index contributed by atoms with van der Waals surface area (Å²) in [6.45, 7) is 5.47. The predicted octanol–water partition coefficient (Wildman–Crippen LogP) is 2.35. The lowest BCUT2D eigenvalue weighted by Gasteiger charge is -2.25. The summed E-state index contributed by atoms with van der Waals surface area (Å²) in [7, 11) is 0. The second-order valence-corrected chi connectivity index (χ2v) is 6.99. The summed E-state index contributed by atoms with van der Waals surface area (Å²) in [6.07, 6.45) is 7.30. The Balaban J connectivity index is 1.76. The van der Waals surface area contributed by atoms with Gasteiger partial charge in [-0.15, -0.1) is 11.3 Å². The summed E-state index contributed by atoms with van der Waals surface area (Å²) in [5.41, 5.74) is 1.06. The van der Waals surface area contributed by atoms with E-state index in [0.717, 1.165) is 47.9 Å². The van der Waals surface area contributed by atoms with Gasteiger partial charge in [-0.1, -0.05) is 13.0 Å². The summed E-state index contributed by atoms with van der Waals surface area (Å²) >= 11 is 1.50. The normalized spacial score (nSPS) is 17.3. The van der Waals surface area contributed by atoms with Crippen LogP contribution >= 0.6 is 11.3 Å². The van der Waals surface area contributed by atoms with Gasteiger partial charge in [-0.25, -0.2) is 4.98 Å². The van der Waals surface area contributed by atoms with Gasteiger partial charge in [-0.05, 0) is 43.5 Å². The number of aromatic nitrogens is 2. The molecule has 122 valence electrons. The van der Waals surface area contributed by atoms with Crippen molar-refractivity contribution in [3.63, 3.8) is 0 Å². The van der Waals surface area contributed by atoms with Gasteiger partial charge in [0.2, 0.25) is 0 Å². The fraction of sp³-hybridized carbons (Fsp3) is 0.471. The van der Waals surface area contributed by atoms with E-state index in [9.17, 15) is 4.79 Å². The smallest absolute Gasteiger partial charge is 0.265 e. The van der Waals surface area contributed by atoms with Gasteiger partial charge in [0.05, 0.1) is 11.2 Å². The predicted molar refractivity (Wildman–Crippen MR) is 91.4 cm³/mol. The Bertz CT molecular complexity index is 637. The molecule has 0 aromatic carbocycles. The lowest BCUT2D eigenvalue weighted by molar-refractivity contribution is 0.0723. The van der Waals surface area contributed by atoms with E-state index >= 15 is 0 Å². The first-order chi connectivity index (χ1) is 11.3. The standard InChI is InChI=1S/C17H22N4OS/c1-2-16-20-10-15(23-16)17(22)21(12-14-5-7-19-9-14)11-13-4-3-6-18-8-13/h3-4,6,8,10,14,19H,2,5,7,9,11-12H2,1H3/t14-/m1/s1. The highest BCUT2D eigenvalue weighted by atomic mass is 32.1. The van der Waals surface area contributed by atoms with Crippen LogP contribution in [0.1, 0.15) is 33.6 Å². The number of pyridine rings is 1. The lowest BCUT2D eigenvalue weighted by atomic mass is 10.1. The molecule has 1 saturated heterocycles. The minimum absolute atomic E-state index is 0.0814. The molecule has 23 heavy (non-hydrogen) atoms. The quantitative estimate of drug-likeness (QED) is 0.883. The minimum atomic E-state index is 0.0814. The zero-order valence-electron chi connectivity index (χ0n) is 13.4. The number of nitrogens with one attached hydrogen (secondary N) is 1. The van der Waals surface area contributed by atoms with Gasteiger partial charge in [0.15, 0.2) is 0 Å². The number of rotatable bonds is 6. The van der Waals surface area contributed by atoms with Crippen LogP contribution in [0.3, 0.4) is 0 Å². The van der Waals surface area contributed by atoms with E-state index in [1.54, 1.807) is 12.4 Å². The molecule has 0 unspecified atom stereocenters. The molecule has 0 saturated carbocycles. The van der Waals surface area contributed by atoms with Crippen molar-refractivity contribution < 1.29 is 4.79 Å². The van der Waals surface area contributed by atoms with Crippen LogP contribution in [-0.4, -0.2) is 40.4 Å². The van der Waals surface area contributed by atoms with Gasteiger partial charge in [-0.3, -0.25) is 9.78 Å². The molecule has 3 heterocycles. The average Bonchev–Trinajstić information content (AvgIpc) is 3.26. The number of hydrogen-bond donors (Lipinski definition) is 1. The molecule has 1 aliphatic rings. The number of thiazole rings is 1. The Morgan fingerprint density at radius 2 is 2.39 bits per heavy atom. The molecule has 0 spiro atoms. The van der Waals surface area contributed by atoms with Crippen molar-refractivity contribution in [2.45, 2.75) is 26.3 Å². The summed E-state index contributed by atoms with van der Waals surface area (Å²) < 4.78 is 0. The van der Waals surface area contributed by atoms with Crippen LogP contribution in [0.4, 0.5) is 0 Å². The maximum absolute atomic E-state index is 12.9. The summed E-state index contributed by atoms with van der Waals surface area (Å²) in [5.74, 6) is 0.604. The number of carbonyl (C=O) groups excluding carboxylic acids is 1. The van der Waals surface area contributed by atoms with Crippen molar-refractivity contribution in [3.05, 3.63) is 46.2 Å². The lowest BCUT2D eigenvalue weighted by Crippen LogP contribution is -2.35. The van der Waals surface area contributed by atoms with Gasteiger partial charge in [-0.2, -0.15) is 0 Å². The van der Waals surface area contributed by atoms with Crippen LogP contribution in [0.2, 0.25) is 0 Å². The first-order valence-corrected chi connectivity index (χ1v) is 8.91. The number of aryl methyl sites for hydroxylation is 1. The first-order valence-electron chi connectivity index (χ1n) is 8.10. The van der Waals surface area contributed by atoms with Gasteiger partial charge >= 0.3 is 0 Å². The van der Waals surface area contributed by atoms with Crippen molar-refractivity contribution in [1.82, 2.24) is 20.2 Å². The molecular formula is C17H22N4OS. The van der Waals surface area contributed by atoms with Crippen LogP contribution in [0, 0.1) is 5.92 Å². The van der Waals surface area contributed by atoms with Crippen LogP contribution in [0.25, 0.3) is 0 Å². The van der Waals surface area contributed by atoms with Crippen LogP contribution < -0.4 is 5.32 Å². The van der Waals surface area contributed by atoms with E-state index in [2.05, 4.69) is 22.2 Å². The van der Waals surface area contributed by atoms with Crippen LogP contribution in [-0.2, 0) is 13.0 Å². The van der Waals surface area contributed by atoms with Crippen molar-refractivity contribution in [2.75, 3.05) is 19.6 Å². The molecule has 1 N–H and O–H groups in total. The number of amides is 1. The third kappa shape index (κ3) is 4.14. The Labute approximate surface area is 140 Å². The maximum Gasteiger partial charge on any atom is 0.265 e. The minimum Gasteiger partial charge on any atom is -0.333 e. The number of nitrogens with zero attached hydrogens (tertiary/aromatic N) is 3. The summed E-state index contributed by atoms with van der Waals surface area (Å²) in [5, 5.41) is 4.38. The van der Waals surface area contributed by atoms with Gasteiger partial charge in [0.1, 0.15) is 4.88 Å². The Morgan fingerprint density at radius 1 is 1.48 bits per heavy atom. The van der Waals surface area contributed by atoms with Crippen molar-refractivity contribution in [3.8, 4) is 0 Å². The molecule has 0 aliphatic carbocycles. The van der Waals surface area contributed by atoms with Crippen LogP contribution in [0.5, 0.6) is 0 Å². The molecule has 0 radical (unpaired) electrons. The highest BCUT2D eigenvalue weighted by Gasteiger charge is 2.24. The maximum atomic E-state index is 12.9. The highest BCUT2D eigenvalue weighted by Crippen LogP contribution is 2.19. The monoisotopic (exact) mass is 330 g/mol. The van der Waals surface area contributed by atoms with Gasteiger partial charge < -0.3 is 10.2 Å². The number of hydrogen-bond acceptors (Lipinski definition) is 5. The summed E-state index contributed by atoms with van der Waals surface area (Å²) in [4.78, 5) is 24.1. The van der Waals surface area contributed by atoms with E-state index in [0.29, 0.717) is 12.5 Å². The Hall–Kier alpha value is -1.79. The summed E-state index contributed by atoms with van der Waals surface area (Å²) in [6, 6.07) is 3.93. The SMILES string of the molecule is CCc1ncc(C(=O)N(Cc2cccnc2)C[C@@H]2CCNC2)s1. The second-order valence-electron chi connectivity index (χ2n) is 5.88. The molecule has 3 rings (SSSR count). The molecule has 1 fully saturated rings. The molecule has 2 aromatic rings. The van der Waals surface area contributed by atoms with E-state index in [4.69, 9.17) is 0 Å². The van der Waals surface area contributed by atoms with Crippen molar-refractivity contribution >= 4 is 17.2 Å². The fourth-order valence-corrected chi connectivity index (χ4v) is 3.67. The van der Waals surface area contributed by atoms with E-state index in [-0.39, 0.29) is 5.91 Å². The van der Waals surface area contributed by atoms with E-state index < -0.39 is 0 Å². The molecule has 1 aliphatic heterocycles.